The Morgan fingerprint density at radius 2 is 2.24 bits per heavy atom. The number of hydrogen-bond acceptors (Lipinski definition) is 4. The average Bonchev–Trinajstić information content (AvgIpc) is 3.23. The minimum Gasteiger partial charge on any atom is -0.378 e. The van der Waals surface area contributed by atoms with Gasteiger partial charge in [-0.15, -0.1) is 0 Å². The molecule has 1 saturated carbocycles. The van der Waals surface area contributed by atoms with Crippen LogP contribution in [-0.2, 0) is 6.54 Å². The first-order chi connectivity index (χ1) is 10.2. The number of nitrogens with one attached hydrogen (secondary N) is 1. The van der Waals surface area contributed by atoms with Crippen molar-refractivity contribution in [3.8, 4) is 0 Å². The van der Waals surface area contributed by atoms with Crippen molar-refractivity contribution < 1.29 is 0 Å². The lowest BCUT2D eigenvalue weighted by molar-refractivity contribution is 0.326. The average molecular weight is 311 g/mol. The molecule has 116 valence electrons. The molecule has 1 N–H and O–H groups in total. The molecule has 1 unspecified atom stereocenters. The third-order valence-electron chi connectivity index (χ3n) is 4.35. The molecule has 21 heavy (non-hydrogen) atoms. The van der Waals surface area contributed by atoms with Crippen LogP contribution in [0.15, 0.2) is 11.0 Å². The van der Waals surface area contributed by atoms with E-state index in [1.807, 2.05) is 0 Å². The molecule has 3 rings (SSSR count). The van der Waals surface area contributed by atoms with Gasteiger partial charge in [0, 0.05) is 31.7 Å². The summed E-state index contributed by atoms with van der Waals surface area (Å²) in [6.07, 6.45) is 7.44. The monoisotopic (exact) mass is 310 g/mol. The Kier molecular flexibility index (Phi) is 4.50. The highest BCUT2D eigenvalue weighted by molar-refractivity contribution is 6.32. The van der Waals surface area contributed by atoms with Gasteiger partial charge in [-0.2, -0.15) is 5.10 Å². The number of halogens is 1. The molecule has 2 heterocycles. The summed E-state index contributed by atoms with van der Waals surface area (Å²) < 4.78 is 1.46. The van der Waals surface area contributed by atoms with Crippen LogP contribution >= 0.6 is 11.6 Å². The molecule has 1 aliphatic heterocycles. The molecule has 1 aliphatic carbocycles. The molecule has 0 spiro atoms. The maximum Gasteiger partial charge on any atom is 0.287 e. The molecule has 6 heteroatoms. The number of rotatable bonds is 6. The van der Waals surface area contributed by atoms with Gasteiger partial charge in [-0.25, -0.2) is 4.68 Å². The van der Waals surface area contributed by atoms with Gasteiger partial charge < -0.3 is 5.32 Å². The number of aromatic nitrogens is 2. The number of unbranched alkanes of at least 4 members (excludes halogenated alkanes) is 1. The summed E-state index contributed by atoms with van der Waals surface area (Å²) >= 11 is 6.22. The first kappa shape index (κ1) is 14.9. The van der Waals surface area contributed by atoms with Crippen LogP contribution in [0.3, 0.4) is 0 Å². The van der Waals surface area contributed by atoms with E-state index in [1.54, 1.807) is 6.20 Å². The number of hydrogen-bond donors (Lipinski definition) is 1. The molecule has 2 aliphatic rings. The Bertz CT molecular complexity index is 555. The molecule has 0 bridgehead atoms. The lowest BCUT2D eigenvalue weighted by Crippen LogP contribution is -2.29. The SMILES string of the molecule is CCCCn1ncc(NC2CCN(C3CC3)C2)c(Cl)c1=O. The Labute approximate surface area is 130 Å². The Morgan fingerprint density at radius 1 is 1.43 bits per heavy atom. The van der Waals surface area contributed by atoms with Crippen LogP contribution in [0.25, 0.3) is 0 Å². The maximum absolute atomic E-state index is 12.2. The van der Waals surface area contributed by atoms with Gasteiger partial charge in [-0.05, 0) is 25.7 Å². The molecule has 1 aromatic rings. The molecule has 0 amide bonds. The lowest BCUT2D eigenvalue weighted by atomic mass is 10.2. The van der Waals surface area contributed by atoms with Crippen LogP contribution in [0.5, 0.6) is 0 Å². The lowest BCUT2D eigenvalue weighted by Gasteiger charge is -2.17. The molecular formula is C15H23ClN4O. The Balaban J connectivity index is 1.65. The third kappa shape index (κ3) is 3.40. The zero-order valence-electron chi connectivity index (χ0n) is 12.5. The van der Waals surface area contributed by atoms with Gasteiger partial charge in [0.2, 0.25) is 0 Å². The molecule has 1 aromatic heterocycles. The fourth-order valence-corrected chi connectivity index (χ4v) is 3.13. The quantitative estimate of drug-likeness (QED) is 0.876. The first-order valence-corrected chi connectivity index (χ1v) is 8.33. The van der Waals surface area contributed by atoms with Crippen molar-refractivity contribution in [1.29, 1.82) is 0 Å². The standard InChI is InChI=1S/C15H23ClN4O/c1-2-3-7-20-15(21)14(16)13(9-17-20)18-11-6-8-19(10-11)12-4-5-12/h9,11-12,18H,2-8,10H2,1H3. The van der Waals surface area contributed by atoms with Crippen LogP contribution in [0, 0.1) is 0 Å². The first-order valence-electron chi connectivity index (χ1n) is 7.95. The minimum absolute atomic E-state index is 0.188. The van der Waals surface area contributed by atoms with Gasteiger partial charge in [0.1, 0.15) is 5.02 Å². The molecule has 5 nitrogen and oxygen atoms in total. The number of aryl methyl sites for hydroxylation is 1. The zero-order valence-corrected chi connectivity index (χ0v) is 13.3. The van der Waals surface area contributed by atoms with Gasteiger partial charge in [0.25, 0.3) is 5.56 Å². The van der Waals surface area contributed by atoms with E-state index in [4.69, 9.17) is 11.6 Å². The summed E-state index contributed by atoms with van der Waals surface area (Å²) in [4.78, 5) is 14.7. The second-order valence-electron chi connectivity index (χ2n) is 6.11. The van der Waals surface area contributed by atoms with E-state index in [-0.39, 0.29) is 10.6 Å². The van der Waals surface area contributed by atoms with E-state index in [9.17, 15) is 4.79 Å². The molecule has 0 aromatic carbocycles. The van der Waals surface area contributed by atoms with Crippen molar-refractivity contribution in [3.63, 3.8) is 0 Å². The van der Waals surface area contributed by atoms with Crippen LogP contribution in [0.1, 0.15) is 39.0 Å². The van der Waals surface area contributed by atoms with E-state index in [0.717, 1.165) is 38.4 Å². The highest BCUT2D eigenvalue weighted by Crippen LogP contribution is 2.31. The largest absolute Gasteiger partial charge is 0.378 e. The number of nitrogens with zero attached hydrogens (tertiary/aromatic N) is 3. The smallest absolute Gasteiger partial charge is 0.287 e. The highest BCUT2D eigenvalue weighted by Gasteiger charge is 2.34. The van der Waals surface area contributed by atoms with Gasteiger partial charge in [0.15, 0.2) is 0 Å². The van der Waals surface area contributed by atoms with E-state index in [0.29, 0.717) is 18.3 Å². The van der Waals surface area contributed by atoms with Gasteiger partial charge in [-0.1, -0.05) is 24.9 Å². The van der Waals surface area contributed by atoms with Crippen molar-refractivity contribution in [2.75, 3.05) is 18.4 Å². The second kappa shape index (κ2) is 6.36. The van der Waals surface area contributed by atoms with Crippen LogP contribution in [0.2, 0.25) is 5.02 Å². The van der Waals surface area contributed by atoms with Crippen molar-refractivity contribution in [2.45, 2.75) is 57.7 Å². The molecule has 1 atom stereocenters. The molecule has 2 fully saturated rings. The van der Waals surface area contributed by atoms with Gasteiger partial charge in [0.05, 0.1) is 11.9 Å². The van der Waals surface area contributed by atoms with Crippen molar-refractivity contribution in [2.24, 2.45) is 0 Å². The molecular weight excluding hydrogens is 288 g/mol. The van der Waals surface area contributed by atoms with Crippen LogP contribution in [-0.4, -0.2) is 39.9 Å². The van der Waals surface area contributed by atoms with Crippen molar-refractivity contribution in [1.82, 2.24) is 14.7 Å². The fourth-order valence-electron chi connectivity index (χ4n) is 2.93. The number of anilines is 1. The van der Waals surface area contributed by atoms with Crippen molar-refractivity contribution >= 4 is 17.3 Å². The van der Waals surface area contributed by atoms with Gasteiger partial charge in [-0.3, -0.25) is 9.69 Å². The third-order valence-corrected chi connectivity index (χ3v) is 4.72. The van der Waals surface area contributed by atoms with E-state index < -0.39 is 0 Å². The topological polar surface area (TPSA) is 50.2 Å². The summed E-state index contributed by atoms with van der Waals surface area (Å²) in [5.74, 6) is 0. The van der Waals surface area contributed by atoms with Gasteiger partial charge >= 0.3 is 0 Å². The van der Waals surface area contributed by atoms with Crippen LogP contribution in [0.4, 0.5) is 5.69 Å². The predicted octanol–water partition coefficient (Wildman–Crippen LogP) is 2.35. The second-order valence-corrected chi connectivity index (χ2v) is 6.49. The summed E-state index contributed by atoms with van der Waals surface area (Å²) in [5.41, 5.74) is 0.490. The minimum atomic E-state index is -0.188. The van der Waals surface area contributed by atoms with Crippen molar-refractivity contribution in [3.05, 3.63) is 21.6 Å². The normalized spacial score (nSPS) is 22.7. The van der Waals surface area contributed by atoms with E-state index in [2.05, 4.69) is 22.2 Å². The Hall–Kier alpha value is -1.07. The fraction of sp³-hybridized carbons (Fsp3) is 0.733. The zero-order chi connectivity index (χ0) is 14.8. The predicted molar refractivity (Wildman–Crippen MR) is 85.0 cm³/mol. The molecule has 0 radical (unpaired) electrons. The number of likely N-dealkylation sites (tertiary alicyclic amines) is 1. The summed E-state index contributed by atoms with van der Waals surface area (Å²) in [6, 6.07) is 1.17. The van der Waals surface area contributed by atoms with Crippen LogP contribution < -0.4 is 10.9 Å². The summed E-state index contributed by atoms with van der Waals surface area (Å²) in [5, 5.41) is 7.89. The molecule has 1 saturated heterocycles. The maximum atomic E-state index is 12.2. The van der Waals surface area contributed by atoms with E-state index in [1.165, 1.54) is 17.5 Å². The highest BCUT2D eigenvalue weighted by atomic mass is 35.5. The summed E-state index contributed by atoms with van der Waals surface area (Å²) in [6.45, 7) is 4.91. The Morgan fingerprint density at radius 3 is 2.95 bits per heavy atom. The summed E-state index contributed by atoms with van der Waals surface area (Å²) in [7, 11) is 0. The van der Waals surface area contributed by atoms with E-state index >= 15 is 0 Å².